The SMILES string of the molecule is COCC1(F)C(F)=CC(CO)C(F)=C1F. The van der Waals surface area contributed by atoms with Gasteiger partial charge in [-0.1, -0.05) is 0 Å². The van der Waals surface area contributed by atoms with Gasteiger partial charge in [-0.25, -0.2) is 17.6 Å². The van der Waals surface area contributed by atoms with Gasteiger partial charge in [0.05, 0.1) is 19.1 Å². The van der Waals surface area contributed by atoms with E-state index in [0.717, 1.165) is 7.11 Å². The molecule has 0 radical (unpaired) electrons. The van der Waals surface area contributed by atoms with E-state index in [1.807, 2.05) is 0 Å². The maximum absolute atomic E-state index is 13.6. The fraction of sp³-hybridized carbons (Fsp3) is 0.556. The van der Waals surface area contributed by atoms with E-state index < -0.39 is 42.3 Å². The summed E-state index contributed by atoms with van der Waals surface area (Å²) in [5.41, 5.74) is -3.20. The summed E-state index contributed by atoms with van der Waals surface area (Å²) in [6, 6.07) is 0. The summed E-state index contributed by atoms with van der Waals surface area (Å²) in [6.07, 6.45) is 0.511. The molecule has 1 rings (SSSR count). The average Bonchev–Trinajstić information content (AvgIpc) is 2.21. The van der Waals surface area contributed by atoms with Crippen molar-refractivity contribution in [3.8, 4) is 0 Å². The molecule has 1 N–H and O–H groups in total. The average molecular weight is 226 g/mol. The molecule has 0 heterocycles. The fourth-order valence-corrected chi connectivity index (χ4v) is 1.30. The molecule has 0 aromatic carbocycles. The molecule has 0 aromatic rings. The molecule has 1 aliphatic carbocycles. The smallest absolute Gasteiger partial charge is 0.237 e. The highest BCUT2D eigenvalue weighted by Gasteiger charge is 2.47. The molecule has 0 aromatic heterocycles. The van der Waals surface area contributed by atoms with Gasteiger partial charge in [0.2, 0.25) is 5.67 Å². The number of aliphatic hydroxyl groups is 1. The van der Waals surface area contributed by atoms with Crippen molar-refractivity contribution in [3.63, 3.8) is 0 Å². The van der Waals surface area contributed by atoms with E-state index in [1.54, 1.807) is 0 Å². The Morgan fingerprint density at radius 3 is 2.53 bits per heavy atom. The second-order valence-electron chi connectivity index (χ2n) is 3.20. The molecule has 2 atom stereocenters. The first-order chi connectivity index (χ1) is 6.97. The van der Waals surface area contributed by atoms with E-state index in [4.69, 9.17) is 5.11 Å². The fourth-order valence-electron chi connectivity index (χ4n) is 1.30. The zero-order valence-electron chi connectivity index (χ0n) is 7.94. The Kier molecular flexibility index (Phi) is 3.51. The minimum absolute atomic E-state index is 0.511. The number of rotatable bonds is 3. The van der Waals surface area contributed by atoms with Crippen LogP contribution in [0.4, 0.5) is 17.6 Å². The normalized spacial score (nSPS) is 31.9. The van der Waals surface area contributed by atoms with E-state index in [0.29, 0.717) is 6.08 Å². The third kappa shape index (κ3) is 1.91. The monoisotopic (exact) mass is 226 g/mol. The highest BCUT2D eigenvalue weighted by atomic mass is 19.2. The lowest BCUT2D eigenvalue weighted by Crippen LogP contribution is -2.35. The number of alkyl halides is 1. The molecule has 0 spiro atoms. The predicted octanol–water partition coefficient (Wildman–Crippen LogP) is 1.97. The van der Waals surface area contributed by atoms with Gasteiger partial charge in [-0.3, -0.25) is 0 Å². The predicted molar refractivity (Wildman–Crippen MR) is 44.7 cm³/mol. The number of halogens is 4. The zero-order chi connectivity index (χ0) is 11.6. The van der Waals surface area contributed by atoms with E-state index in [9.17, 15) is 17.6 Å². The Labute approximate surface area is 83.8 Å². The molecule has 0 fully saturated rings. The number of methoxy groups -OCH3 is 1. The van der Waals surface area contributed by atoms with Gasteiger partial charge in [-0.05, 0) is 6.08 Å². The minimum atomic E-state index is -3.20. The number of ether oxygens (including phenoxy) is 1. The Morgan fingerprint density at radius 1 is 1.47 bits per heavy atom. The van der Waals surface area contributed by atoms with Crippen molar-refractivity contribution in [1.82, 2.24) is 0 Å². The summed E-state index contributed by atoms with van der Waals surface area (Å²) in [5, 5.41) is 8.59. The lowest BCUT2D eigenvalue weighted by Gasteiger charge is -2.27. The largest absolute Gasteiger partial charge is 0.395 e. The summed E-state index contributed by atoms with van der Waals surface area (Å²) < 4.78 is 57.2. The van der Waals surface area contributed by atoms with E-state index >= 15 is 0 Å². The Hall–Kier alpha value is -0.880. The Balaban J connectivity index is 3.11. The summed E-state index contributed by atoms with van der Waals surface area (Å²) in [4.78, 5) is 0. The first-order valence-electron chi connectivity index (χ1n) is 4.19. The number of hydrogen-bond donors (Lipinski definition) is 1. The lowest BCUT2D eigenvalue weighted by molar-refractivity contribution is 0.0516. The van der Waals surface area contributed by atoms with Crippen LogP contribution in [0.1, 0.15) is 0 Å². The van der Waals surface area contributed by atoms with Crippen molar-refractivity contribution >= 4 is 0 Å². The number of hydrogen-bond acceptors (Lipinski definition) is 2. The van der Waals surface area contributed by atoms with Gasteiger partial charge in [0.25, 0.3) is 0 Å². The molecule has 0 bridgehead atoms. The molecule has 86 valence electrons. The van der Waals surface area contributed by atoms with Gasteiger partial charge < -0.3 is 9.84 Å². The first-order valence-corrected chi connectivity index (χ1v) is 4.19. The molecule has 0 aliphatic heterocycles. The van der Waals surface area contributed by atoms with Crippen LogP contribution in [0.2, 0.25) is 0 Å². The van der Waals surface area contributed by atoms with Crippen molar-refractivity contribution in [2.45, 2.75) is 5.67 Å². The first kappa shape index (κ1) is 12.2. The van der Waals surface area contributed by atoms with Crippen LogP contribution in [0, 0.1) is 5.92 Å². The van der Waals surface area contributed by atoms with Gasteiger partial charge in [-0.2, -0.15) is 0 Å². The van der Waals surface area contributed by atoms with Crippen LogP contribution in [-0.4, -0.2) is 31.1 Å². The van der Waals surface area contributed by atoms with E-state index in [2.05, 4.69) is 4.74 Å². The second-order valence-corrected chi connectivity index (χ2v) is 3.20. The highest BCUT2D eigenvalue weighted by molar-refractivity contribution is 5.35. The van der Waals surface area contributed by atoms with Crippen molar-refractivity contribution in [1.29, 1.82) is 0 Å². The standard InChI is InChI=1S/C9H10F4O2/c1-15-4-9(13)6(10)2-5(3-14)7(11)8(9)12/h2,5,14H,3-4H2,1H3. The van der Waals surface area contributed by atoms with Gasteiger partial charge in [0.1, 0.15) is 11.7 Å². The van der Waals surface area contributed by atoms with Crippen molar-refractivity contribution in [2.75, 3.05) is 20.3 Å². The van der Waals surface area contributed by atoms with Crippen LogP contribution in [0.25, 0.3) is 0 Å². The summed E-state index contributed by atoms with van der Waals surface area (Å²) in [6.45, 7) is -1.78. The zero-order valence-corrected chi connectivity index (χ0v) is 7.94. The molecule has 0 saturated heterocycles. The topological polar surface area (TPSA) is 29.5 Å². The van der Waals surface area contributed by atoms with Crippen LogP contribution in [0.3, 0.4) is 0 Å². The highest BCUT2D eigenvalue weighted by Crippen LogP contribution is 2.42. The molecule has 15 heavy (non-hydrogen) atoms. The van der Waals surface area contributed by atoms with Crippen molar-refractivity contribution < 1.29 is 27.4 Å². The molecular weight excluding hydrogens is 216 g/mol. The van der Waals surface area contributed by atoms with E-state index in [-0.39, 0.29) is 0 Å². The molecule has 1 aliphatic rings. The Morgan fingerprint density at radius 2 is 2.07 bits per heavy atom. The molecular formula is C9H10F4O2. The van der Waals surface area contributed by atoms with Crippen LogP contribution in [0.15, 0.2) is 23.6 Å². The van der Waals surface area contributed by atoms with Crippen molar-refractivity contribution in [3.05, 3.63) is 23.6 Å². The van der Waals surface area contributed by atoms with Gasteiger partial charge in [0, 0.05) is 7.11 Å². The van der Waals surface area contributed by atoms with Gasteiger partial charge >= 0.3 is 0 Å². The van der Waals surface area contributed by atoms with Crippen LogP contribution >= 0.6 is 0 Å². The third-order valence-electron chi connectivity index (χ3n) is 2.15. The molecule has 0 saturated carbocycles. The lowest BCUT2D eigenvalue weighted by atomic mass is 9.91. The molecule has 2 nitrogen and oxygen atoms in total. The van der Waals surface area contributed by atoms with Crippen LogP contribution < -0.4 is 0 Å². The van der Waals surface area contributed by atoms with Crippen molar-refractivity contribution in [2.24, 2.45) is 5.92 Å². The quantitative estimate of drug-likeness (QED) is 0.745. The Bertz CT molecular complexity index is 313. The number of aliphatic hydroxyl groups excluding tert-OH is 1. The van der Waals surface area contributed by atoms with Gasteiger partial charge in [-0.15, -0.1) is 0 Å². The van der Waals surface area contributed by atoms with E-state index in [1.165, 1.54) is 0 Å². The van der Waals surface area contributed by atoms with Gasteiger partial charge in [0.15, 0.2) is 5.83 Å². The molecule has 2 unspecified atom stereocenters. The van der Waals surface area contributed by atoms with Crippen LogP contribution in [-0.2, 0) is 4.74 Å². The minimum Gasteiger partial charge on any atom is -0.395 e. The second kappa shape index (κ2) is 4.32. The van der Waals surface area contributed by atoms with Crippen LogP contribution in [0.5, 0.6) is 0 Å². The maximum Gasteiger partial charge on any atom is 0.237 e. The third-order valence-corrected chi connectivity index (χ3v) is 2.15. The molecule has 6 heteroatoms. The maximum atomic E-state index is 13.6. The molecule has 0 amide bonds. The summed E-state index contributed by atoms with van der Waals surface area (Å²) >= 11 is 0. The summed E-state index contributed by atoms with van der Waals surface area (Å²) in [5.74, 6) is -6.32. The summed E-state index contributed by atoms with van der Waals surface area (Å²) in [7, 11) is 1.04.